The van der Waals surface area contributed by atoms with Crippen LogP contribution in [0.1, 0.15) is 17.7 Å². The van der Waals surface area contributed by atoms with E-state index in [1.165, 1.54) is 18.2 Å². The Morgan fingerprint density at radius 2 is 2.06 bits per heavy atom. The maximum atomic E-state index is 12.5. The number of benzene rings is 1. The second-order valence-electron chi connectivity index (χ2n) is 3.95. The molecule has 0 spiro atoms. The van der Waals surface area contributed by atoms with E-state index >= 15 is 0 Å². The summed E-state index contributed by atoms with van der Waals surface area (Å²) in [5.74, 6) is 0.839. The summed E-state index contributed by atoms with van der Waals surface area (Å²) in [7, 11) is 1.73. The van der Waals surface area contributed by atoms with E-state index in [-0.39, 0.29) is 11.3 Å². The lowest BCUT2D eigenvalue weighted by Gasteiger charge is -2.09. The zero-order valence-electron chi connectivity index (χ0n) is 10.0. The molecule has 0 saturated carbocycles. The van der Waals surface area contributed by atoms with Crippen molar-refractivity contribution in [2.75, 3.05) is 5.73 Å². The van der Waals surface area contributed by atoms with Crippen LogP contribution < -0.4 is 10.5 Å². The minimum atomic E-state index is -2.54. The van der Waals surface area contributed by atoms with Crippen molar-refractivity contribution in [1.82, 2.24) is 9.78 Å². The third kappa shape index (κ3) is 2.42. The van der Waals surface area contributed by atoms with Crippen LogP contribution in [-0.4, -0.2) is 9.78 Å². The molecule has 0 fully saturated rings. The molecule has 0 saturated heterocycles. The lowest BCUT2D eigenvalue weighted by Crippen LogP contribution is -1.98. The van der Waals surface area contributed by atoms with E-state index in [0.29, 0.717) is 11.6 Å². The number of ether oxygens (including phenoxy) is 1. The van der Waals surface area contributed by atoms with Gasteiger partial charge < -0.3 is 10.5 Å². The summed E-state index contributed by atoms with van der Waals surface area (Å²) < 4.78 is 32.0. The summed E-state index contributed by atoms with van der Waals surface area (Å²) in [6.45, 7) is 1.83. The highest BCUT2D eigenvalue weighted by Crippen LogP contribution is 2.31. The molecule has 2 rings (SSSR count). The Balaban J connectivity index is 2.27. The second-order valence-corrected chi connectivity index (χ2v) is 3.95. The van der Waals surface area contributed by atoms with Crippen LogP contribution in [0.4, 0.5) is 14.5 Å². The van der Waals surface area contributed by atoms with Crippen LogP contribution in [0, 0.1) is 6.92 Å². The van der Waals surface area contributed by atoms with E-state index in [0.717, 1.165) is 5.69 Å². The van der Waals surface area contributed by atoms with Crippen LogP contribution in [0.3, 0.4) is 0 Å². The highest BCUT2D eigenvalue weighted by molar-refractivity contribution is 5.55. The van der Waals surface area contributed by atoms with Gasteiger partial charge in [-0.2, -0.15) is 5.10 Å². The molecule has 0 radical (unpaired) electrons. The van der Waals surface area contributed by atoms with Crippen LogP contribution in [0.2, 0.25) is 0 Å². The smallest absolute Gasteiger partial charge is 0.263 e. The van der Waals surface area contributed by atoms with Gasteiger partial charge in [0.2, 0.25) is 5.88 Å². The SMILES string of the molecule is Cc1cc(Oc2ccc(C(F)F)cc2N)n(C)n1. The molecular formula is C12H13F2N3O. The van der Waals surface area contributed by atoms with E-state index in [4.69, 9.17) is 10.5 Å². The van der Waals surface area contributed by atoms with Gasteiger partial charge in [-0.1, -0.05) is 0 Å². The summed E-state index contributed by atoms with van der Waals surface area (Å²) in [5.41, 5.74) is 6.53. The molecule has 0 atom stereocenters. The van der Waals surface area contributed by atoms with Crippen molar-refractivity contribution in [3.63, 3.8) is 0 Å². The van der Waals surface area contributed by atoms with Crippen LogP contribution in [0.25, 0.3) is 0 Å². The normalized spacial score (nSPS) is 10.9. The molecule has 0 unspecified atom stereocenters. The predicted octanol–water partition coefficient (Wildman–Crippen LogP) is 3.04. The van der Waals surface area contributed by atoms with Gasteiger partial charge in [0.15, 0.2) is 5.75 Å². The number of nitrogen functional groups attached to an aromatic ring is 1. The molecule has 1 heterocycles. The van der Waals surface area contributed by atoms with Gasteiger partial charge in [0, 0.05) is 18.7 Å². The number of nitrogens with two attached hydrogens (primary N) is 1. The van der Waals surface area contributed by atoms with Crippen LogP contribution in [0.15, 0.2) is 24.3 Å². The molecule has 4 nitrogen and oxygen atoms in total. The van der Waals surface area contributed by atoms with Crippen molar-refractivity contribution < 1.29 is 13.5 Å². The minimum Gasteiger partial charge on any atom is -0.437 e. The standard InChI is InChI=1S/C12H13F2N3O/c1-7-5-11(17(2)16-7)18-10-4-3-8(12(13)14)6-9(10)15/h3-6,12H,15H2,1-2H3. The van der Waals surface area contributed by atoms with Gasteiger partial charge in [-0.15, -0.1) is 0 Å². The Bertz CT molecular complexity index is 566. The Kier molecular flexibility index (Phi) is 3.18. The maximum absolute atomic E-state index is 12.5. The lowest BCUT2D eigenvalue weighted by molar-refractivity contribution is 0.151. The number of hydrogen-bond acceptors (Lipinski definition) is 3. The topological polar surface area (TPSA) is 53.1 Å². The first kappa shape index (κ1) is 12.3. The van der Waals surface area contributed by atoms with Crippen molar-refractivity contribution in [2.24, 2.45) is 7.05 Å². The van der Waals surface area contributed by atoms with Crippen molar-refractivity contribution in [3.05, 3.63) is 35.5 Å². The number of rotatable bonds is 3. The largest absolute Gasteiger partial charge is 0.437 e. The Morgan fingerprint density at radius 1 is 1.33 bits per heavy atom. The number of nitrogens with zero attached hydrogens (tertiary/aromatic N) is 2. The molecule has 2 N–H and O–H groups in total. The molecular weight excluding hydrogens is 240 g/mol. The van der Waals surface area contributed by atoms with E-state index in [1.54, 1.807) is 17.8 Å². The van der Waals surface area contributed by atoms with Crippen LogP contribution >= 0.6 is 0 Å². The van der Waals surface area contributed by atoms with E-state index in [9.17, 15) is 8.78 Å². The average molecular weight is 253 g/mol. The van der Waals surface area contributed by atoms with E-state index < -0.39 is 6.43 Å². The molecule has 1 aromatic carbocycles. The fraction of sp³-hybridized carbons (Fsp3) is 0.250. The molecule has 1 aromatic heterocycles. The number of anilines is 1. The van der Waals surface area contributed by atoms with E-state index in [1.807, 2.05) is 6.92 Å². The van der Waals surface area contributed by atoms with Gasteiger partial charge in [0.1, 0.15) is 0 Å². The first-order chi connectivity index (χ1) is 8.47. The zero-order valence-corrected chi connectivity index (χ0v) is 10.0. The second kappa shape index (κ2) is 4.64. The third-order valence-electron chi connectivity index (χ3n) is 2.46. The summed E-state index contributed by atoms with van der Waals surface area (Å²) in [4.78, 5) is 0. The summed E-state index contributed by atoms with van der Waals surface area (Å²) >= 11 is 0. The highest BCUT2D eigenvalue weighted by atomic mass is 19.3. The number of aryl methyl sites for hydroxylation is 2. The number of halogens is 2. The van der Waals surface area contributed by atoms with Gasteiger partial charge in [0.05, 0.1) is 11.4 Å². The van der Waals surface area contributed by atoms with Crippen molar-refractivity contribution >= 4 is 5.69 Å². The van der Waals surface area contributed by atoms with Gasteiger partial charge in [-0.25, -0.2) is 13.5 Å². The van der Waals surface area contributed by atoms with E-state index in [2.05, 4.69) is 5.10 Å². The molecule has 2 aromatic rings. The Labute approximate surface area is 103 Å². The van der Waals surface area contributed by atoms with Gasteiger partial charge in [-0.3, -0.25) is 0 Å². The average Bonchev–Trinajstić information content (AvgIpc) is 2.60. The first-order valence-corrected chi connectivity index (χ1v) is 5.33. The Hall–Kier alpha value is -2.11. The lowest BCUT2D eigenvalue weighted by atomic mass is 10.2. The first-order valence-electron chi connectivity index (χ1n) is 5.33. The molecule has 0 aliphatic carbocycles. The number of alkyl halides is 2. The van der Waals surface area contributed by atoms with Gasteiger partial charge in [-0.05, 0) is 25.1 Å². The molecule has 6 heteroatoms. The zero-order chi connectivity index (χ0) is 13.3. The molecule has 18 heavy (non-hydrogen) atoms. The molecule has 0 aliphatic rings. The van der Waals surface area contributed by atoms with Crippen molar-refractivity contribution in [2.45, 2.75) is 13.3 Å². The Morgan fingerprint density at radius 3 is 2.56 bits per heavy atom. The van der Waals surface area contributed by atoms with Crippen LogP contribution in [-0.2, 0) is 7.05 Å². The fourth-order valence-corrected chi connectivity index (χ4v) is 1.59. The van der Waals surface area contributed by atoms with Gasteiger partial charge >= 0.3 is 0 Å². The van der Waals surface area contributed by atoms with Crippen molar-refractivity contribution in [1.29, 1.82) is 0 Å². The molecule has 96 valence electrons. The minimum absolute atomic E-state index is 0.124. The summed E-state index contributed by atoms with van der Waals surface area (Å²) in [5, 5.41) is 4.11. The highest BCUT2D eigenvalue weighted by Gasteiger charge is 2.11. The summed E-state index contributed by atoms with van der Waals surface area (Å²) in [6.07, 6.45) is -2.54. The number of aromatic nitrogens is 2. The number of hydrogen-bond donors (Lipinski definition) is 1. The predicted molar refractivity (Wildman–Crippen MR) is 63.8 cm³/mol. The van der Waals surface area contributed by atoms with Crippen LogP contribution in [0.5, 0.6) is 11.6 Å². The van der Waals surface area contributed by atoms with Gasteiger partial charge in [0.25, 0.3) is 6.43 Å². The molecule has 0 bridgehead atoms. The molecule has 0 aliphatic heterocycles. The fourth-order valence-electron chi connectivity index (χ4n) is 1.59. The quantitative estimate of drug-likeness (QED) is 0.855. The molecule has 0 amide bonds. The third-order valence-corrected chi connectivity index (χ3v) is 2.46. The van der Waals surface area contributed by atoms with Crippen molar-refractivity contribution in [3.8, 4) is 11.6 Å². The summed E-state index contributed by atoms with van der Waals surface area (Å²) in [6, 6.07) is 5.67. The maximum Gasteiger partial charge on any atom is 0.263 e. The monoisotopic (exact) mass is 253 g/mol.